The Bertz CT molecular complexity index is 65.3. The Morgan fingerprint density at radius 2 is 2.11 bits per heavy atom. The molecule has 0 aromatic heterocycles. The molecule has 0 unspecified atom stereocenters. The predicted octanol–water partition coefficient (Wildman–Crippen LogP) is 0.451. The van der Waals surface area contributed by atoms with Crippen LogP contribution in [0, 0.1) is 0 Å². The summed E-state index contributed by atoms with van der Waals surface area (Å²) in [5.74, 6) is 0. The zero-order valence-corrected chi connectivity index (χ0v) is 6.14. The standard InChI is InChI=1S/C5H12N2.C2H4/c1-7-3-2-5(6)4-7;1-2/h5H,2-4,6H2,1H3;1-2H2/t5-;/m0./s1. The molecule has 1 rings (SSSR count). The second kappa shape index (κ2) is 4.53. The van der Waals surface area contributed by atoms with Crippen LogP contribution in [0.15, 0.2) is 13.2 Å². The molecular formula is C7H16N2. The van der Waals surface area contributed by atoms with E-state index in [9.17, 15) is 0 Å². The fraction of sp³-hybridized carbons (Fsp3) is 0.714. The molecule has 1 aliphatic heterocycles. The molecule has 0 saturated carbocycles. The van der Waals surface area contributed by atoms with Crippen molar-refractivity contribution in [1.29, 1.82) is 0 Å². The van der Waals surface area contributed by atoms with Crippen LogP contribution in [-0.2, 0) is 0 Å². The van der Waals surface area contributed by atoms with Gasteiger partial charge in [-0.1, -0.05) is 0 Å². The third-order valence-electron chi connectivity index (χ3n) is 1.43. The van der Waals surface area contributed by atoms with Crippen LogP contribution < -0.4 is 5.73 Å². The van der Waals surface area contributed by atoms with E-state index in [-0.39, 0.29) is 0 Å². The highest BCUT2D eigenvalue weighted by atomic mass is 15.1. The summed E-state index contributed by atoms with van der Waals surface area (Å²) in [6, 6.07) is 0.449. The minimum Gasteiger partial charge on any atom is -0.326 e. The average molecular weight is 128 g/mol. The number of likely N-dealkylation sites (N-methyl/N-ethyl adjacent to an activating group) is 1. The second-order valence-electron chi connectivity index (χ2n) is 2.31. The summed E-state index contributed by atoms with van der Waals surface area (Å²) < 4.78 is 0. The van der Waals surface area contributed by atoms with Gasteiger partial charge in [-0.15, -0.1) is 13.2 Å². The van der Waals surface area contributed by atoms with Crippen molar-refractivity contribution in [3.05, 3.63) is 13.2 Å². The smallest absolute Gasteiger partial charge is 0.0179 e. The van der Waals surface area contributed by atoms with E-state index in [1.54, 1.807) is 0 Å². The predicted molar refractivity (Wildman–Crippen MR) is 41.3 cm³/mol. The third kappa shape index (κ3) is 3.27. The molecule has 54 valence electrons. The fourth-order valence-corrected chi connectivity index (χ4v) is 0.969. The Morgan fingerprint density at radius 1 is 1.56 bits per heavy atom. The second-order valence-corrected chi connectivity index (χ2v) is 2.31. The van der Waals surface area contributed by atoms with Gasteiger partial charge in [-0.3, -0.25) is 0 Å². The molecule has 1 atom stereocenters. The Kier molecular flexibility index (Phi) is 4.36. The van der Waals surface area contributed by atoms with Crippen LogP contribution in [0.25, 0.3) is 0 Å². The first kappa shape index (κ1) is 8.66. The van der Waals surface area contributed by atoms with Gasteiger partial charge in [-0.25, -0.2) is 0 Å². The summed E-state index contributed by atoms with van der Waals surface area (Å²) in [5, 5.41) is 0. The normalized spacial score (nSPS) is 27.1. The molecule has 2 heteroatoms. The third-order valence-corrected chi connectivity index (χ3v) is 1.43. The van der Waals surface area contributed by atoms with Crippen molar-refractivity contribution in [3.63, 3.8) is 0 Å². The Balaban J connectivity index is 0.000000291. The minimum absolute atomic E-state index is 0.449. The summed E-state index contributed by atoms with van der Waals surface area (Å²) in [6.45, 7) is 8.27. The highest BCUT2D eigenvalue weighted by molar-refractivity contribution is 4.74. The van der Waals surface area contributed by atoms with Crippen LogP contribution >= 0.6 is 0 Å². The van der Waals surface area contributed by atoms with E-state index in [2.05, 4.69) is 25.1 Å². The number of rotatable bonds is 0. The lowest BCUT2D eigenvalue weighted by atomic mass is 10.3. The van der Waals surface area contributed by atoms with Crippen LogP contribution in [0.4, 0.5) is 0 Å². The molecule has 1 heterocycles. The summed E-state index contributed by atoms with van der Waals surface area (Å²) in [6.07, 6.45) is 1.18. The number of nitrogens with two attached hydrogens (primary N) is 1. The lowest BCUT2D eigenvalue weighted by Gasteiger charge is -2.03. The van der Waals surface area contributed by atoms with Gasteiger partial charge in [0.05, 0.1) is 0 Å². The van der Waals surface area contributed by atoms with Gasteiger partial charge in [0.1, 0.15) is 0 Å². The summed E-state index contributed by atoms with van der Waals surface area (Å²) in [4.78, 5) is 2.25. The summed E-state index contributed by atoms with van der Waals surface area (Å²) in [5.41, 5.74) is 5.58. The highest BCUT2D eigenvalue weighted by Crippen LogP contribution is 2.01. The van der Waals surface area contributed by atoms with Gasteiger partial charge in [0.25, 0.3) is 0 Å². The molecule has 0 aromatic carbocycles. The SMILES string of the molecule is C=C.CN1CC[C@H](N)C1. The molecular weight excluding hydrogens is 112 g/mol. The maximum Gasteiger partial charge on any atom is 0.0179 e. The summed E-state index contributed by atoms with van der Waals surface area (Å²) >= 11 is 0. The van der Waals surface area contributed by atoms with Gasteiger partial charge in [0.2, 0.25) is 0 Å². The van der Waals surface area contributed by atoms with Crippen LogP contribution in [-0.4, -0.2) is 31.1 Å². The monoisotopic (exact) mass is 128 g/mol. The quantitative estimate of drug-likeness (QED) is 0.480. The van der Waals surface area contributed by atoms with E-state index in [1.807, 2.05) is 0 Å². The van der Waals surface area contributed by atoms with Gasteiger partial charge in [0.15, 0.2) is 0 Å². The molecule has 9 heavy (non-hydrogen) atoms. The molecule has 2 nitrogen and oxygen atoms in total. The zero-order chi connectivity index (χ0) is 7.28. The zero-order valence-electron chi connectivity index (χ0n) is 6.14. The lowest BCUT2D eigenvalue weighted by molar-refractivity contribution is 0.411. The van der Waals surface area contributed by atoms with Gasteiger partial charge in [-0.05, 0) is 20.0 Å². The highest BCUT2D eigenvalue weighted by Gasteiger charge is 2.13. The van der Waals surface area contributed by atoms with Crippen molar-refractivity contribution in [2.75, 3.05) is 20.1 Å². The maximum atomic E-state index is 5.58. The topological polar surface area (TPSA) is 29.3 Å². The molecule has 0 bridgehead atoms. The Morgan fingerprint density at radius 3 is 2.22 bits per heavy atom. The van der Waals surface area contributed by atoms with Crippen LogP contribution in [0.2, 0.25) is 0 Å². The van der Waals surface area contributed by atoms with E-state index < -0.39 is 0 Å². The van der Waals surface area contributed by atoms with Gasteiger partial charge >= 0.3 is 0 Å². The average Bonchev–Trinajstić information content (AvgIpc) is 2.20. The van der Waals surface area contributed by atoms with Gasteiger partial charge in [-0.2, -0.15) is 0 Å². The van der Waals surface area contributed by atoms with Gasteiger partial charge < -0.3 is 10.6 Å². The van der Waals surface area contributed by atoms with E-state index in [4.69, 9.17) is 5.73 Å². The Hall–Kier alpha value is -0.340. The van der Waals surface area contributed by atoms with Crippen molar-refractivity contribution in [2.24, 2.45) is 5.73 Å². The fourth-order valence-electron chi connectivity index (χ4n) is 0.969. The van der Waals surface area contributed by atoms with E-state index in [1.165, 1.54) is 13.0 Å². The van der Waals surface area contributed by atoms with Crippen LogP contribution in [0.3, 0.4) is 0 Å². The summed E-state index contributed by atoms with van der Waals surface area (Å²) in [7, 11) is 2.10. The molecule has 2 N–H and O–H groups in total. The number of likely N-dealkylation sites (tertiary alicyclic amines) is 1. The first-order valence-electron chi connectivity index (χ1n) is 3.23. The Labute approximate surface area is 57.3 Å². The first-order chi connectivity index (χ1) is 4.29. The molecule has 0 radical (unpaired) electrons. The van der Waals surface area contributed by atoms with E-state index in [0.29, 0.717) is 6.04 Å². The van der Waals surface area contributed by atoms with Gasteiger partial charge in [0, 0.05) is 12.6 Å². The molecule has 0 aromatic rings. The van der Waals surface area contributed by atoms with Crippen LogP contribution in [0.1, 0.15) is 6.42 Å². The molecule has 1 fully saturated rings. The number of hydrogen-bond acceptors (Lipinski definition) is 2. The van der Waals surface area contributed by atoms with Crippen molar-refractivity contribution in [2.45, 2.75) is 12.5 Å². The number of hydrogen-bond donors (Lipinski definition) is 1. The molecule has 0 aliphatic carbocycles. The molecule has 1 saturated heterocycles. The molecule has 1 aliphatic rings. The lowest BCUT2D eigenvalue weighted by Crippen LogP contribution is -2.23. The van der Waals surface area contributed by atoms with Crippen molar-refractivity contribution < 1.29 is 0 Å². The maximum absolute atomic E-state index is 5.58. The van der Waals surface area contributed by atoms with Crippen molar-refractivity contribution >= 4 is 0 Å². The molecule has 0 spiro atoms. The first-order valence-corrected chi connectivity index (χ1v) is 3.23. The molecule has 0 amide bonds. The van der Waals surface area contributed by atoms with Crippen LogP contribution in [0.5, 0.6) is 0 Å². The van der Waals surface area contributed by atoms with Crippen molar-refractivity contribution in [3.8, 4) is 0 Å². The number of nitrogens with zero attached hydrogens (tertiary/aromatic N) is 1. The van der Waals surface area contributed by atoms with E-state index in [0.717, 1.165) is 6.54 Å². The minimum atomic E-state index is 0.449. The van der Waals surface area contributed by atoms with Crippen molar-refractivity contribution in [1.82, 2.24) is 4.90 Å². The van der Waals surface area contributed by atoms with E-state index >= 15 is 0 Å². The largest absolute Gasteiger partial charge is 0.326 e.